The molecule has 7 heteroatoms. The SMILES string of the molecule is N.O=P(O)(O)O.[H-].[H-].[Mg+2]. The van der Waals surface area contributed by atoms with Gasteiger partial charge in [0.15, 0.2) is 0 Å². The molecule has 44 valence electrons. The minimum absolute atomic E-state index is 0. The average molecular weight is 141 g/mol. The van der Waals surface area contributed by atoms with Gasteiger partial charge >= 0.3 is 30.9 Å². The van der Waals surface area contributed by atoms with Gasteiger partial charge in [0.05, 0.1) is 0 Å². The van der Waals surface area contributed by atoms with Crippen molar-refractivity contribution in [2.45, 2.75) is 0 Å². The van der Waals surface area contributed by atoms with Crippen LogP contribution >= 0.6 is 7.82 Å². The number of rotatable bonds is 0. The van der Waals surface area contributed by atoms with Gasteiger partial charge in [0.1, 0.15) is 0 Å². The molecule has 0 aromatic carbocycles. The van der Waals surface area contributed by atoms with Crippen LogP contribution < -0.4 is 6.15 Å². The predicted octanol–water partition coefficient (Wildman–Crippen LogP) is -0.922. The second-order valence-electron chi connectivity index (χ2n) is 0.513. The Balaban J connectivity index is -0.0000000133. The van der Waals surface area contributed by atoms with Crippen molar-refractivity contribution in [3.05, 3.63) is 0 Å². The fraction of sp³-hybridized carbons (Fsp3) is 0. The van der Waals surface area contributed by atoms with Gasteiger partial charge in [-0.3, -0.25) is 0 Å². The Labute approximate surface area is 59.7 Å². The number of phosphoric acid groups is 1. The molecule has 0 spiro atoms. The second-order valence-corrected chi connectivity index (χ2v) is 1.54. The van der Waals surface area contributed by atoms with Gasteiger partial charge in [-0.1, -0.05) is 0 Å². The molecule has 0 aromatic heterocycles. The Morgan fingerprint density at radius 3 is 1.29 bits per heavy atom. The fourth-order valence-electron chi connectivity index (χ4n) is 0. The average Bonchev–Trinajstić information content (AvgIpc) is 0.722. The van der Waals surface area contributed by atoms with Crippen LogP contribution in [-0.4, -0.2) is 37.7 Å². The van der Waals surface area contributed by atoms with Gasteiger partial charge in [0.2, 0.25) is 0 Å². The van der Waals surface area contributed by atoms with Crippen LogP contribution in [-0.2, 0) is 4.57 Å². The van der Waals surface area contributed by atoms with E-state index in [1.54, 1.807) is 0 Å². The molecular formula is H8MgNO4P. The van der Waals surface area contributed by atoms with Crippen molar-refractivity contribution >= 4 is 30.9 Å². The predicted molar refractivity (Wildman–Crippen MR) is 27.3 cm³/mol. The van der Waals surface area contributed by atoms with E-state index in [4.69, 9.17) is 19.2 Å². The molecule has 0 fully saturated rings. The second kappa shape index (κ2) is 4.98. The summed E-state index contributed by atoms with van der Waals surface area (Å²) in [7, 11) is -4.64. The van der Waals surface area contributed by atoms with Crippen LogP contribution in [0.25, 0.3) is 0 Å². The molecule has 0 aliphatic rings. The van der Waals surface area contributed by atoms with Crippen molar-refractivity contribution in [3.63, 3.8) is 0 Å². The Morgan fingerprint density at radius 1 is 1.29 bits per heavy atom. The zero-order valence-corrected chi connectivity index (χ0v) is 5.92. The molecule has 5 nitrogen and oxygen atoms in total. The van der Waals surface area contributed by atoms with Crippen LogP contribution in [0.5, 0.6) is 0 Å². The van der Waals surface area contributed by atoms with E-state index in [9.17, 15) is 0 Å². The van der Waals surface area contributed by atoms with Crippen LogP contribution in [0.15, 0.2) is 0 Å². The molecule has 0 aliphatic heterocycles. The molecule has 0 radical (unpaired) electrons. The summed E-state index contributed by atoms with van der Waals surface area (Å²) >= 11 is 0. The minimum atomic E-state index is -4.64. The molecule has 0 saturated heterocycles. The maximum atomic E-state index is 8.88. The van der Waals surface area contributed by atoms with Gasteiger partial charge in [-0.2, -0.15) is 0 Å². The normalized spacial score (nSPS) is 8.43. The number of hydrogen-bond donors (Lipinski definition) is 4. The Morgan fingerprint density at radius 2 is 1.29 bits per heavy atom. The molecule has 6 N–H and O–H groups in total. The third kappa shape index (κ3) is 229. The Kier molecular flexibility index (Phi) is 11.1. The number of hydrogen-bond acceptors (Lipinski definition) is 2. The van der Waals surface area contributed by atoms with Crippen molar-refractivity contribution in [1.29, 1.82) is 0 Å². The summed E-state index contributed by atoms with van der Waals surface area (Å²) in [6, 6.07) is 0. The van der Waals surface area contributed by atoms with Crippen LogP contribution in [0.1, 0.15) is 2.85 Å². The zero-order valence-electron chi connectivity index (χ0n) is 5.61. The maximum absolute atomic E-state index is 8.88. The van der Waals surface area contributed by atoms with Gasteiger partial charge in [-0.05, 0) is 0 Å². The Hall–Kier alpha value is 0.836. The van der Waals surface area contributed by atoms with E-state index in [2.05, 4.69) is 0 Å². The van der Waals surface area contributed by atoms with Gasteiger partial charge in [-0.25, -0.2) is 4.57 Å². The first-order valence-corrected chi connectivity index (χ1v) is 2.35. The van der Waals surface area contributed by atoms with Crippen LogP contribution in [0.3, 0.4) is 0 Å². The van der Waals surface area contributed by atoms with Crippen molar-refractivity contribution < 1.29 is 22.1 Å². The quantitative estimate of drug-likeness (QED) is 0.257. The Bertz CT molecular complexity index is 64.7. The van der Waals surface area contributed by atoms with E-state index in [-0.39, 0.29) is 32.1 Å². The first kappa shape index (κ1) is 15.7. The summed E-state index contributed by atoms with van der Waals surface area (Å²) in [5, 5.41) is 0. The molecule has 0 aliphatic carbocycles. The third-order valence-corrected chi connectivity index (χ3v) is 0. The van der Waals surface area contributed by atoms with Crippen molar-refractivity contribution in [2.75, 3.05) is 0 Å². The summed E-state index contributed by atoms with van der Waals surface area (Å²) in [4.78, 5) is 21.6. The van der Waals surface area contributed by atoms with Crippen molar-refractivity contribution in [2.24, 2.45) is 0 Å². The first-order valence-electron chi connectivity index (χ1n) is 0.783. The van der Waals surface area contributed by atoms with Crippen LogP contribution in [0.4, 0.5) is 0 Å². The van der Waals surface area contributed by atoms with Gasteiger partial charge < -0.3 is 23.7 Å². The van der Waals surface area contributed by atoms with Crippen LogP contribution in [0, 0.1) is 0 Å². The van der Waals surface area contributed by atoms with Gasteiger partial charge in [0.25, 0.3) is 0 Å². The largest absolute Gasteiger partial charge is 2.00 e. The van der Waals surface area contributed by atoms with E-state index >= 15 is 0 Å². The van der Waals surface area contributed by atoms with Gasteiger partial charge in [-0.15, -0.1) is 0 Å². The summed E-state index contributed by atoms with van der Waals surface area (Å²) in [5.74, 6) is 0. The van der Waals surface area contributed by atoms with Crippen molar-refractivity contribution in [1.82, 2.24) is 6.15 Å². The molecule has 0 bridgehead atoms. The van der Waals surface area contributed by atoms with E-state index in [0.29, 0.717) is 0 Å². The topological polar surface area (TPSA) is 113 Å². The summed E-state index contributed by atoms with van der Waals surface area (Å²) in [6.45, 7) is 0. The first-order chi connectivity index (χ1) is 2.00. The molecule has 0 atom stereocenters. The fourth-order valence-corrected chi connectivity index (χ4v) is 0. The molecule has 0 aromatic rings. The van der Waals surface area contributed by atoms with E-state index in [0.717, 1.165) is 0 Å². The van der Waals surface area contributed by atoms with E-state index < -0.39 is 7.82 Å². The molecular weight excluding hydrogens is 133 g/mol. The smallest absolute Gasteiger partial charge is 1.00 e. The molecule has 7 heavy (non-hydrogen) atoms. The summed E-state index contributed by atoms with van der Waals surface area (Å²) < 4.78 is 8.88. The zero-order chi connectivity index (χ0) is 4.50. The monoisotopic (exact) mass is 141 g/mol. The van der Waals surface area contributed by atoms with E-state index in [1.165, 1.54) is 0 Å². The van der Waals surface area contributed by atoms with Crippen LogP contribution in [0.2, 0.25) is 0 Å². The molecule has 0 unspecified atom stereocenters. The molecule has 0 heterocycles. The molecule has 0 rings (SSSR count). The third-order valence-electron chi connectivity index (χ3n) is 0. The van der Waals surface area contributed by atoms with Gasteiger partial charge in [0, 0.05) is 0 Å². The molecule has 0 amide bonds. The molecule has 0 saturated carbocycles. The summed E-state index contributed by atoms with van der Waals surface area (Å²) in [5.41, 5.74) is 0. The summed E-state index contributed by atoms with van der Waals surface area (Å²) in [6.07, 6.45) is 0. The standard InChI is InChI=1S/Mg.H3N.H3O4P.2H/c;;1-5(2,3)4;;/h;1H3;(H3,1,2,3,4);;/q+2;;;2*-1. The van der Waals surface area contributed by atoms with Crippen molar-refractivity contribution in [3.8, 4) is 0 Å². The minimum Gasteiger partial charge on any atom is -1.00 e. The maximum Gasteiger partial charge on any atom is 2.00 e. The van der Waals surface area contributed by atoms with E-state index in [1.807, 2.05) is 0 Å².